The first kappa shape index (κ1) is 9.72. The van der Waals surface area contributed by atoms with Crippen molar-refractivity contribution in [1.29, 1.82) is 0 Å². The van der Waals surface area contributed by atoms with Crippen LogP contribution in [0.15, 0.2) is 23.0 Å². The van der Waals surface area contributed by atoms with Gasteiger partial charge in [-0.3, -0.25) is 5.10 Å². The van der Waals surface area contributed by atoms with E-state index in [9.17, 15) is 0 Å². The van der Waals surface area contributed by atoms with Crippen LogP contribution in [0.4, 0.5) is 5.82 Å². The molecule has 1 unspecified atom stereocenters. The Balaban J connectivity index is 2.10. The Morgan fingerprint density at radius 1 is 1.53 bits per heavy atom. The van der Waals surface area contributed by atoms with E-state index in [1.165, 1.54) is 0 Å². The fourth-order valence-corrected chi connectivity index (χ4v) is 1.30. The SMILES string of the molecule is Cc1cc(NC2=CC(C)(N)N=CN2)n[nH]1. The molecule has 1 atom stereocenters. The van der Waals surface area contributed by atoms with Crippen molar-refractivity contribution in [2.75, 3.05) is 5.32 Å². The number of nitrogens with zero attached hydrogens (tertiary/aromatic N) is 2. The summed E-state index contributed by atoms with van der Waals surface area (Å²) in [6.45, 7) is 3.76. The zero-order valence-electron chi connectivity index (χ0n) is 8.70. The highest BCUT2D eigenvalue weighted by molar-refractivity contribution is 5.62. The lowest BCUT2D eigenvalue weighted by molar-refractivity contribution is 0.604. The third kappa shape index (κ3) is 2.35. The standard InChI is InChI=1S/C9H14N6/c1-6-3-7(15-14-6)13-8-4-9(2,10)12-5-11-8/h3-5H,10H2,1-2H3,(H,11,12)(H2,13,14,15). The van der Waals surface area contributed by atoms with Gasteiger partial charge in [-0.25, -0.2) is 4.99 Å². The lowest BCUT2D eigenvalue weighted by Crippen LogP contribution is -2.38. The van der Waals surface area contributed by atoms with E-state index in [0.717, 1.165) is 17.3 Å². The van der Waals surface area contributed by atoms with E-state index >= 15 is 0 Å². The maximum absolute atomic E-state index is 5.84. The van der Waals surface area contributed by atoms with Crippen LogP contribution in [0.5, 0.6) is 0 Å². The molecule has 0 spiro atoms. The first-order chi connectivity index (χ1) is 7.05. The summed E-state index contributed by atoms with van der Waals surface area (Å²) in [5.74, 6) is 1.53. The number of nitrogens with two attached hydrogens (primary N) is 1. The molecule has 2 heterocycles. The molecule has 1 aromatic heterocycles. The Morgan fingerprint density at radius 3 is 2.93 bits per heavy atom. The minimum absolute atomic E-state index is 0.668. The normalized spacial score (nSPS) is 24.6. The van der Waals surface area contributed by atoms with Gasteiger partial charge >= 0.3 is 0 Å². The summed E-state index contributed by atoms with van der Waals surface area (Å²) in [5.41, 5.74) is 6.18. The molecule has 6 heteroatoms. The molecule has 6 nitrogen and oxygen atoms in total. The van der Waals surface area contributed by atoms with Crippen molar-refractivity contribution in [3.05, 3.63) is 23.7 Å². The fourth-order valence-electron chi connectivity index (χ4n) is 1.30. The van der Waals surface area contributed by atoms with Crippen molar-refractivity contribution < 1.29 is 0 Å². The van der Waals surface area contributed by atoms with Crippen LogP contribution in [0.25, 0.3) is 0 Å². The Labute approximate surface area is 87.7 Å². The first-order valence-corrected chi connectivity index (χ1v) is 4.66. The Bertz CT molecular complexity index is 414. The van der Waals surface area contributed by atoms with Crippen LogP contribution in [0.1, 0.15) is 12.6 Å². The van der Waals surface area contributed by atoms with Gasteiger partial charge in [-0.15, -0.1) is 0 Å². The highest BCUT2D eigenvalue weighted by atomic mass is 15.2. The van der Waals surface area contributed by atoms with E-state index in [4.69, 9.17) is 5.73 Å². The van der Waals surface area contributed by atoms with Crippen molar-refractivity contribution in [3.8, 4) is 0 Å². The molecule has 0 aliphatic carbocycles. The van der Waals surface area contributed by atoms with Gasteiger partial charge in [0.2, 0.25) is 0 Å². The van der Waals surface area contributed by atoms with Gasteiger partial charge in [0.25, 0.3) is 0 Å². The van der Waals surface area contributed by atoms with E-state index < -0.39 is 5.66 Å². The van der Waals surface area contributed by atoms with E-state index in [2.05, 4.69) is 25.8 Å². The predicted molar refractivity (Wildman–Crippen MR) is 59.3 cm³/mol. The van der Waals surface area contributed by atoms with Crippen molar-refractivity contribution >= 4 is 12.2 Å². The number of rotatable bonds is 2. The number of hydrogen-bond donors (Lipinski definition) is 4. The highest BCUT2D eigenvalue weighted by Crippen LogP contribution is 2.12. The molecular formula is C9H14N6. The largest absolute Gasteiger partial charge is 0.333 e. The minimum atomic E-state index is -0.668. The number of nitrogens with one attached hydrogen (secondary N) is 3. The lowest BCUT2D eigenvalue weighted by atomic mass is 10.2. The Hall–Kier alpha value is -1.82. The molecule has 80 valence electrons. The van der Waals surface area contributed by atoms with Crippen molar-refractivity contribution in [3.63, 3.8) is 0 Å². The van der Waals surface area contributed by atoms with Gasteiger partial charge in [0.15, 0.2) is 5.82 Å². The summed E-state index contributed by atoms with van der Waals surface area (Å²) < 4.78 is 0. The van der Waals surface area contributed by atoms with Gasteiger partial charge in [-0.2, -0.15) is 5.10 Å². The lowest BCUT2D eigenvalue weighted by Gasteiger charge is -2.22. The van der Waals surface area contributed by atoms with E-state index in [1.807, 2.05) is 19.9 Å². The molecule has 1 aromatic rings. The maximum Gasteiger partial charge on any atom is 0.153 e. The molecule has 0 saturated heterocycles. The summed E-state index contributed by atoms with van der Waals surface area (Å²) in [4.78, 5) is 4.06. The van der Waals surface area contributed by atoms with Gasteiger partial charge in [0, 0.05) is 11.8 Å². The third-order valence-corrected chi connectivity index (χ3v) is 1.97. The van der Waals surface area contributed by atoms with Crippen LogP contribution in [-0.2, 0) is 0 Å². The number of H-pyrrole nitrogens is 1. The Kier molecular flexibility index (Phi) is 2.20. The minimum Gasteiger partial charge on any atom is -0.333 e. The van der Waals surface area contributed by atoms with Crippen molar-refractivity contribution in [1.82, 2.24) is 15.5 Å². The van der Waals surface area contributed by atoms with E-state index in [-0.39, 0.29) is 0 Å². The van der Waals surface area contributed by atoms with E-state index in [1.54, 1.807) is 12.4 Å². The van der Waals surface area contributed by atoms with Gasteiger partial charge in [-0.05, 0) is 19.9 Å². The quantitative estimate of drug-likeness (QED) is 0.559. The molecule has 2 rings (SSSR count). The van der Waals surface area contributed by atoms with Crippen LogP contribution in [0.2, 0.25) is 0 Å². The number of aromatic amines is 1. The first-order valence-electron chi connectivity index (χ1n) is 4.66. The fraction of sp³-hybridized carbons (Fsp3) is 0.333. The number of hydrogen-bond acceptors (Lipinski definition) is 5. The molecule has 1 aliphatic rings. The van der Waals surface area contributed by atoms with Gasteiger partial charge in [-0.1, -0.05) is 0 Å². The molecule has 0 saturated carbocycles. The van der Waals surface area contributed by atoms with Gasteiger partial charge in [0.1, 0.15) is 11.5 Å². The monoisotopic (exact) mass is 206 g/mol. The summed E-state index contributed by atoms with van der Waals surface area (Å²) in [5, 5.41) is 13.0. The van der Waals surface area contributed by atoms with Crippen molar-refractivity contribution in [2.24, 2.45) is 10.7 Å². The molecule has 0 bridgehead atoms. The Morgan fingerprint density at radius 2 is 2.33 bits per heavy atom. The average molecular weight is 206 g/mol. The number of aliphatic imine (C=N–C) groups is 1. The highest BCUT2D eigenvalue weighted by Gasteiger charge is 2.17. The second-order valence-corrected chi connectivity index (χ2v) is 3.75. The second kappa shape index (κ2) is 3.39. The van der Waals surface area contributed by atoms with Crippen molar-refractivity contribution in [2.45, 2.75) is 19.5 Å². The summed E-state index contributed by atoms with van der Waals surface area (Å²) in [6, 6.07) is 1.90. The maximum atomic E-state index is 5.84. The van der Waals surface area contributed by atoms with Crippen LogP contribution >= 0.6 is 0 Å². The molecule has 1 aliphatic heterocycles. The molecule has 0 radical (unpaired) electrons. The molecular weight excluding hydrogens is 192 g/mol. The zero-order chi connectivity index (χ0) is 10.9. The van der Waals surface area contributed by atoms with Crippen LogP contribution < -0.4 is 16.4 Å². The topological polar surface area (TPSA) is 91.1 Å². The van der Waals surface area contributed by atoms with Crippen LogP contribution in [0.3, 0.4) is 0 Å². The summed E-state index contributed by atoms with van der Waals surface area (Å²) in [7, 11) is 0. The zero-order valence-corrected chi connectivity index (χ0v) is 8.70. The smallest absolute Gasteiger partial charge is 0.153 e. The van der Waals surface area contributed by atoms with Gasteiger partial charge < -0.3 is 16.4 Å². The number of aromatic nitrogens is 2. The summed E-state index contributed by atoms with van der Waals surface area (Å²) in [6.07, 6.45) is 3.37. The molecule has 5 N–H and O–H groups in total. The third-order valence-electron chi connectivity index (χ3n) is 1.97. The molecule has 15 heavy (non-hydrogen) atoms. The van der Waals surface area contributed by atoms with Crippen LogP contribution in [0, 0.1) is 6.92 Å². The predicted octanol–water partition coefficient (Wildman–Crippen LogP) is 0.278. The van der Waals surface area contributed by atoms with E-state index in [0.29, 0.717) is 0 Å². The van der Waals surface area contributed by atoms with Gasteiger partial charge in [0.05, 0.1) is 6.34 Å². The van der Waals surface area contributed by atoms with Crippen LogP contribution in [-0.4, -0.2) is 22.2 Å². The second-order valence-electron chi connectivity index (χ2n) is 3.75. The number of anilines is 1. The molecule has 0 amide bonds. The molecule has 0 aromatic carbocycles. The molecule has 0 fully saturated rings. The number of aryl methyl sites for hydroxylation is 1. The summed E-state index contributed by atoms with van der Waals surface area (Å²) >= 11 is 0. The average Bonchev–Trinajstić information content (AvgIpc) is 2.49.